The zero-order valence-corrected chi connectivity index (χ0v) is 12.6. The van der Waals surface area contributed by atoms with Crippen molar-refractivity contribution in [3.05, 3.63) is 36.2 Å². The van der Waals surface area contributed by atoms with Crippen LogP contribution in [-0.4, -0.2) is 40.3 Å². The summed E-state index contributed by atoms with van der Waals surface area (Å²) in [7, 11) is 0. The van der Waals surface area contributed by atoms with Gasteiger partial charge in [-0.25, -0.2) is 4.98 Å². The van der Waals surface area contributed by atoms with Crippen LogP contribution >= 0.6 is 0 Å². The highest BCUT2D eigenvalue weighted by atomic mass is 16.5. The van der Waals surface area contributed by atoms with Gasteiger partial charge in [-0.1, -0.05) is 12.1 Å². The van der Waals surface area contributed by atoms with E-state index in [1.165, 1.54) is 6.33 Å². The van der Waals surface area contributed by atoms with Gasteiger partial charge >= 0.3 is 0 Å². The Balaban J connectivity index is 1.68. The fourth-order valence-electron chi connectivity index (χ4n) is 2.72. The molecule has 1 saturated heterocycles. The molecule has 0 saturated carbocycles. The Morgan fingerprint density at radius 2 is 2.41 bits per heavy atom. The van der Waals surface area contributed by atoms with Crippen LogP contribution in [0.25, 0.3) is 11.4 Å². The van der Waals surface area contributed by atoms with Gasteiger partial charge in [0.25, 0.3) is 5.91 Å². The van der Waals surface area contributed by atoms with Crippen molar-refractivity contribution in [1.29, 1.82) is 0 Å². The van der Waals surface area contributed by atoms with E-state index in [0.717, 1.165) is 31.6 Å². The fourth-order valence-corrected chi connectivity index (χ4v) is 2.72. The van der Waals surface area contributed by atoms with E-state index in [4.69, 9.17) is 4.74 Å². The lowest BCUT2D eigenvalue weighted by Gasteiger charge is -2.28. The summed E-state index contributed by atoms with van der Waals surface area (Å²) in [6, 6.07) is 7.47. The number of carbonyl (C=O) groups excluding carboxylic acids is 1. The van der Waals surface area contributed by atoms with Crippen molar-refractivity contribution >= 4 is 5.91 Å². The number of nitrogens with one attached hydrogen (secondary N) is 2. The second-order valence-electron chi connectivity index (χ2n) is 5.65. The second-order valence-corrected chi connectivity index (χ2v) is 5.65. The van der Waals surface area contributed by atoms with Crippen molar-refractivity contribution in [1.82, 2.24) is 20.5 Å². The number of hydrogen-bond donors (Lipinski definition) is 2. The molecule has 0 aliphatic carbocycles. The van der Waals surface area contributed by atoms with Crippen molar-refractivity contribution < 1.29 is 9.53 Å². The zero-order chi connectivity index (χ0) is 15.4. The molecule has 2 atom stereocenters. The van der Waals surface area contributed by atoms with Gasteiger partial charge < -0.3 is 10.1 Å². The van der Waals surface area contributed by atoms with Crippen molar-refractivity contribution in [2.75, 3.05) is 13.2 Å². The van der Waals surface area contributed by atoms with E-state index >= 15 is 0 Å². The van der Waals surface area contributed by atoms with Crippen LogP contribution in [0.3, 0.4) is 0 Å². The standard InChI is InChI=1S/C16H20N4O2/c1-11(14-6-3-7-22-9-14)19-16(21)13-5-2-4-12(8-13)15-17-10-18-20-15/h2,4-5,8,10-11,14H,3,6-7,9H2,1H3,(H,19,21)(H,17,18,20). The molecule has 0 spiro atoms. The van der Waals surface area contributed by atoms with Crippen molar-refractivity contribution in [3.63, 3.8) is 0 Å². The first-order valence-corrected chi connectivity index (χ1v) is 7.58. The molecule has 1 fully saturated rings. The fraction of sp³-hybridized carbons (Fsp3) is 0.438. The predicted octanol–water partition coefficient (Wildman–Crippen LogP) is 2.02. The van der Waals surface area contributed by atoms with E-state index in [9.17, 15) is 4.79 Å². The number of aromatic nitrogens is 3. The quantitative estimate of drug-likeness (QED) is 0.905. The van der Waals surface area contributed by atoms with Crippen LogP contribution in [0.4, 0.5) is 0 Å². The van der Waals surface area contributed by atoms with Gasteiger partial charge in [0, 0.05) is 29.7 Å². The first-order valence-electron chi connectivity index (χ1n) is 7.58. The molecule has 0 radical (unpaired) electrons. The van der Waals surface area contributed by atoms with Gasteiger partial charge in [0.05, 0.1) is 6.61 Å². The Labute approximate surface area is 129 Å². The van der Waals surface area contributed by atoms with Crippen LogP contribution in [0.2, 0.25) is 0 Å². The molecule has 1 amide bonds. The van der Waals surface area contributed by atoms with Crippen LogP contribution in [0.5, 0.6) is 0 Å². The van der Waals surface area contributed by atoms with Crippen molar-refractivity contribution in [2.45, 2.75) is 25.8 Å². The maximum Gasteiger partial charge on any atom is 0.251 e. The molecule has 22 heavy (non-hydrogen) atoms. The molecule has 6 heteroatoms. The molecule has 1 aromatic heterocycles. The molecule has 1 aliphatic rings. The van der Waals surface area contributed by atoms with E-state index in [0.29, 0.717) is 17.3 Å². The van der Waals surface area contributed by atoms with E-state index in [1.54, 1.807) is 6.07 Å². The van der Waals surface area contributed by atoms with Gasteiger partial charge in [-0.3, -0.25) is 9.89 Å². The van der Waals surface area contributed by atoms with Gasteiger partial charge in [0.2, 0.25) is 0 Å². The van der Waals surface area contributed by atoms with Crippen LogP contribution in [-0.2, 0) is 4.74 Å². The summed E-state index contributed by atoms with van der Waals surface area (Å²) in [5.74, 6) is 0.970. The highest BCUT2D eigenvalue weighted by Gasteiger charge is 2.22. The van der Waals surface area contributed by atoms with E-state index in [2.05, 4.69) is 20.5 Å². The molecule has 2 N–H and O–H groups in total. The molecule has 2 aromatic rings. The molecule has 116 valence electrons. The monoisotopic (exact) mass is 300 g/mol. The first-order chi connectivity index (χ1) is 10.7. The Kier molecular flexibility index (Phi) is 4.48. The lowest BCUT2D eigenvalue weighted by molar-refractivity contribution is 0.0409. The van der Waals surface area contributed by atoms with Gasteiger partial charge in [-0.15, -0.1) is 0 Å². The summed E-state index contributed by atoms with van der Waals surface area (Å²) in [4.78, 5) is 16.5. The minimum absolute atomic E-state index is 0.0700. The average molecular weight is 300 g/mol. The maximum absolute atomic E-state index is 12.4. The Morgan fingerprint density at radius 3 is 3.14 bits per heavy atom. The molecule has 3 rings (SSSR count). The normalized spacial score (nSPS) is 19.6. The number of carbonyl (C=O) groups is 1. The van der Waals surface area contributed by atoms with Gasteiger partial charge in [0.15, 0.2) is 5.82 Å². The Morgan fingerprint density at radius 1 is 1.50 bits per heavy atom. The van der Waals surface area contributed by atoms with Crippen molar-refractivity contribution in [3.8, 4) is 11.4 Å². The van der Waals surface area contributed by atoms with Gasteiger partial charge in [0.1, 0.15) is 6.33 Å². The number of aromatic amines is 1. The third-order valence-electron chi connectivity index (χ3n) is 4.07. The number of ether oxygens (including phenoxy) is 1. The topological polar surface area (TPSA) is 79.9 Å². The summed E-state index contributed by atoms with van der Waals surface area (Å²) in [5.41, 5.74) is 1.47. The SMILES string of the molecule is CC(NC(=O)c1cccc(-c2ncn[nH]2)c1)C1CCCOC1. The van der Waals surface area contributed by atoms with E-state index in [1.807, 2.05) is 25.1 Å². The third kappa shape index (κ3) is 3.33. The summed E-state index contributed by atoms with van der Waals surface area (Å²) < 4.78 is 5.49. The van der Waals surface area contributed by atoms with E-state index in [-0.39, 0.29) is 11.9 Å². The number of benzene rings is 1. The van der Waals surface area contributed by atoms with Crippen LogP contribution in [0.1, 0.15) is 30.1 Å². The molecule has 0 bridgehead atoms. The Hall–Kier alpha value is -2.21. The molecule has 1 aromatic carbocycles. The molecular formula is C16H20N4O2. The minimum atomic E-state index is -0.0700. The van der Waals surface area contributed by atoms with Crippen LogP contribution in [0.15, 0.2) is 30.6 Å². The molecular weight excluding hydrogens is 280 g/mol. The number of H-pyrrole nitrogens is 1. The number of nitrogens with zero attached hydrogens (tertiary/aromatic N) is 2. The minimum Gasteiger partial charge on any atom is -0.381 e. The highest BCUT2D eigenvalue weighted by molar-refractivity contribution is 5.95. The van der Waals surface area contributed by atoms with Gasteiger partial charge in [-0.05, 0) is 31.9 Å². The molecule has 1 aliphatic heterocycles. The van der Waals surface area contributed by atoms with Gasteiger partial charge in [-0.2, -0.15) is 5.10 Å². The number of hydrogen-bond acceptors (Lipinski definition) is 4. The summed E-state index contributed by atoms with van der Waals surface area (Å²) in [6.45, 7) is 3.59. The van der Waals surface area contributed by atoms with E-state index < -0.39 is 0 Å². The number of amides is 1. The lowest BCUT2D eigenvalue weighted by Crippen LogP contribution is -2.41. The zero-order valence-electron chi connectivity index (χ0n) is 12.6. The summed E-state index contributed by atoms with van der Waals surface area (Å²) >= 11 is 0. The van der Waals surface area contributed by atoms with Crippen LogP contribution < -0.4 is 5.32 Å². The number of rotatable bonds is 4. The molecule has 6 nitrogen and oxygen atoms in total. The second kappa shape index (κ2) is 6.70. The van der Waals surface area contributed by atoms with Crippen molar-refractivity contribution in [2.24, 2.45) is 5.92 Å². The summed E-state index contributed by atoms with van der Waals surface area (Å²) in [6.07, 6.45) is 3.61. The summed E-state index contributed by atoms with van der Waals surface area (Å²) in [5, 5.41) is 9.71. The largest absolute Gasteiger partial charge is 0.381 e. The smallest absolute Gasteiger partial charge is 0.251 e. The highest BCUT2D eigenvalue weighted by Crippen LogP contribution is 2.19. The third-order valence-corrected chi connectivity index (χ3v) is 4.07. The van der Waals surface area contributed by atoms with Crippen LogP contribution in [0, 0.1) is 5.92 Å². The average Bonchev–Trinajstić information content (AvgIpc) is 3.10. The molecule has 2 unspecified atom stereocenters. The Bertz CT molecular complexity index is 621. The first kappa shape index (κ1) is 14.7. The maximum atomic E-state index is 12.4. The lowest BCUT2D eigenvalue weighted by atomic mass is 9.94. The predicted molar refractivity (Wildman–Crippen MR) is 82.3 cm³/mol. The molecule has 2 heterocycles.